The van der Waals surface area contributed by atoms with Crippen LogP contribution in [-0.4, -0.2) is 57.0 Å². The Balaban J connectivity index is 1.62. The fourth-order valence-electron chi connectivity index (χ4n) is 3.67. The van der Waals surface area contributed by atoms with Gasteiger partial charge in [-0.3, -0.25) is 5.32 Å². The van der Waals surface area contributed by atoms with Gasteiger partial charge in [-0.2, -0.15) is 4.31 Å². The van der Waals surface area contributed by atoms with E-state index < -0.39 is 21.9 Å². The lowest BCUT2D eigenvalue weighted by atomic mass is 9.87. The van der Waals surface area contributed by atoms with Gasteiger partial charge in [0, 0.05) is 37.7 Å². The Kier molecular flexibility index (Phi) is 7.44. The third-order valence-electron chi connectivity index (χ3n) is 5.77. The molecule has 34 heavy (non-hydrogen) atoms. The normalized spacial score (nSPS) is 16.5. The number of aliphatic hydroxyl groups is 1. The van der Waals surface area contributed by atoms with Crippen molar-refractivity contribution in [1.29, 1.82) is 0 Å². The highest BCUT2D eigenvalue weighted by Gasteiger charge is 2.40. The Bertz CT molecular complexity index is 1120. The van der Waals surface area contributed by atoms with Crippen LogP contribution in [0.4, 0.5) is 10.5 Å². The number of piperidine rings is 1. The fourth-order valence-corrected chi connectivity index (χ4v) is 5.25. The average molecular weight is 493 g/mol. The maximum atomic E-state index is 13.1. The van der Waals surface area contributed by atoms with Gasteiger partial charge < -0.3 is 19.3 Å². The number of amides is 1. The first-order chi connectivity index (χ1) is 15.9. The van der Waals surface area contributed by atoms with E-state index in [1.165, 1.54) is 36.7 Å². The van der Waals surface area contributed by atoms with Gasteiger partial charge in [-0.05, 0) is 35.2 Å². The number of ether oxygens (including phenoxy) is 3. The first-order valence-corrected chi connectivity index (χ1v) is 12.4. The highest BCUT2D eigenvalue weighted by molar-refractivity contribution is 7.89. The highest BCUT2D eigenvalue weighted by Crippen LogP contribution is 2.34. The molecule has 0 unspecified atom stereocenters. The van der Waals surface area contributed by atoms with Crippen molar-refractivity contribution in [1.82, 2.24) is 4.31 Å². The Hall–Kier alpha value is -2.82. The molecule has 0 radical (unpaired) electrons. The van der Waals surface area contributed by atoms with E-state index in [1.807, 2.05) is 12.1 Å². The Morgan fingerprint density at radius 1 is 1.03 bits per heavy atom. The van der Waals surface area contributed by atoms with Crippen molar-refractivity contribution < 1.29 is 32.5 Å². The van der Waals surface area contributed by atoms with Crippen LogP contribution in [0.15, 0.2) is 47.4 Å². The van der Waals surface area contributed by atoms with Crippen molar-refractivity contribution in [3.05, 3.63) is 48.0 Å². The standard InChI is InChI=1S/C24H32N2O7S/c1-23(2,3)17-6-8-18(9-7-17)25-22(27)33-24(28)12-14-26(15-13-24)34(29,30)21-11-10-19(31-4)16-20(21)32-5/h6-11,16,28H,12-15H2,1-5H3,(H,25,27). The molecule has 1 fully saturated rings. The number of anilines is 1. The zero-order valence-electron chi connectivity index (χ0n) is 20.1. The molecule has 3 rings (SSSR count). The summed E-state index contributed by atoms with van der Waals surface area (Å²) in [5.74, 6) is -1.14. The lowest BCUT2D eigenvalue weighted by molar-refractivity contribution is -0.180. The number of sulfonamides is 1. The smallest absolute Gasteiger partial charge is 0.414 e. The summed E-state index contributed by atoms with van der Waals surface area (Å²) in [6.07, 6.45) is -0.943. The zero-order chi connectivity index (χ0) is 25.1. The Morgan fingerprint density at radius 2 is 1.65 bits per heavy atom. The van der Waals surface area contributed by atoms with Crippen LogP contribution in [0.25, 0.3) is 0 Å². The summed E-state index contributed by atoms with van der Waals surface area (Å²) in [5, 5.41) is 13.4. The molecule has 0 aromatic heterocycles. The van der Waals surface area contributed by atoms with Gasteiger partial charge in [-0.25, -0.2) is 13.2 Å². The van der Waals surface area contributed by atoms with Gasteiger partial charge in [-0.15, -0.1) is 0 Å². The predicted molar refractivity (Wildman–Crippen MR) is 128 cm³/mol. The van der Waals surface area contributed by atoms with E-state index in [9.17, 15) is 18.3 Å². The minimum absolute atomic E-state index is 0.00129. The Labute approximate surface area is 200 Å². The second-order valence-electron chi connectivity index (χ2n) is 9.21. The summed E-state index contributed by atoms with van der Waals surface area (Å²) in [5.41, 5.74) is 1.64. The largest absolute Gasteiger partial charge is 0.497 e. The van der Waals surface area contributed by atoms with Crippen LogP contribution in [0.1, 0.15) is 39.2 Å². The highest BCUT2D eigenvalue weighted by atomic mass is 32.2. The van der Waals surface area contributed by atoms with E-state index in [2.05, 4.69) is 26.1 Å². The van der Waals surface area contributed by atoms with Gasteiger partial charge in [0.2, 0.25) is 15.8 Å². The Morgan fingerprint density at radius 3 is 2.18 bits per heavy atom. The molecule has 1 aliphatic rings. The van der Waals surface area contributed by atoms with Gasteiger partial charge in [0.05, 0.1) is 14.2 Å². The van der Waals surface area contributed by atoms with Crippen LogP contribution >= 0.6 is 0 Å². The molecule has 2 N–H and O–H groups in total. The lowest BCUT2D eigenvalue weighted by Gasteiger charge is -2.36. The van der Waals surface area contributed by atoms with Crippen LogP contribution in [0.5, 0.6) is 11.5 Å². The molecule has 2 aromatic carbocycles. The van der Waals surface area contributed by atoms with E-state index in [4.69, 9.17) is 14.2 Å². The average Bonchev–Trinajstić information content (AvgIpc) is 2.78. The number of nitrogens with zero attached hydrogens (tertiary/aromatic N) is 1. The number of methoxy groups -OCH3 is 2. The quantitative estimate of drug-likeness (QED) is 0.591. The topological polar surface area (TPSA) is 114 Å². The van der Waals surface area contributed by atoms with Gasteiger partial charge in [0.1, 0.15) is 16.4 Å². The van der Waals surface area contributed by atoms with Crippen molar-refractivity contribution >= 4 is 21.8 Å². The molecule has 0 bridgehead atoms. The number of rotatable bonds is 6. The molecular weight excluding hydrogens is 460 g/mol. The second-order valence-corrected chi connectivity index (χ2v) is 11.1. The minimum atomic E-state index is -3.89. The summed E-state index contributed by atoms with van der Waals surface area (Å²) in [6, 6.07) is 11.8. The molecule has 186 valence electrons. The van der Waals surface area contributed by atoms with E-state index in [0.29, 0.717) is 11.4 Å². The van der Waals surface area contributed by atoms with Crippen molar-refractivity contribution in [3.8, 4) is 11.5 Å². The van der Waals surface area contributed by atoms with Gasteiger partial charge in [0.25, 0.3) is 0 Å². The molecule has 0 aliphatic carbocycles. The third-order valence-corrected chi connectivity index (χ3v) is 7.71. The summed E-state index contributed by atoms with van der Waals surface area (Å²) in [7, 11) is -1.03. The number of carbonyl (C=O) groups is 1. The molecule has 1 amide bonds. The molecule has 0 saturated carbocycles. The summed E-state index contributed by atoms with van der Waals surface area (Å²) < 4.78 is 43.1. The second kappa shape index (κ2) is 9.81. The molecule has 1 heterocycles. The van der Waals surface area contributed by atoms with Gasteiger partial charge >= 0.3 is 6.09 Å². The predicted octanol–water partition coefficient (Wildman–Crippen LogP) is 3.72. The number of nitrogens with one attached hydrogen (secondary N) is 1. The molecule has 2 aromatic rings. The zero-order valence-corrected chi connectivity index (χ0v) is 20.9. The summed E-state index contributed by atoms with van der Waals surface area (Å²) >= 11 is 0. The van der Waals surface area contributed by atoms with E-state index >= 15 is 0 Å². The minimum Gasteiger partial charge on any atom is -0.497 e. The number of carbonyl (C=O) groups excluding carboxylic acids is 1. The summed E-state index contributed by atoms with van der Waals surface area (Å²) in [6.45, 7) is 6.23. The van der Waals surface area contributed by atoms with Crippen LogP contribution in [-0.2, 0) is 20.2 Å². The van der Waals surface area contributed by atoms with Crippen LogP contribution in [0, 0.1) is 0 Å². The van der Waals surface area contributed by atoms with Crippen LogP contribution in [0.3, 0.4) is 0 Å². The van der Waals surface area contributed by atoms with Crippen molar-refractivity contribution in [2.75, 3.05) is 32.6 Å². The van der Waals surface area contributed by atoms with Crippen molar-refractivity contribution in [3.63, 3.8) is 0 Å². The van der Waals surface area contributed by atoms with E-state index in [-0.39, 0.29) is 42.0 Å². The lowest BCUT2D eigenvalue weighted by Crippen LogP contribution is -2.49. The SMILES string of the molecule is COc1ccc(S(=O)(=O)N2CCC(O)(OC(=O)Nc3ccc(C(C)(C)C)cc3)CC2)c(OC)c1. The molecule has 0 spiro atoms. The molecule has 10 heteroatoms. The first kappa shape index (κ1) is 25.8. The van der Waals surface area contributed by atoms with Crippen molar-refractivity contribution in [2.24, 2.45) is 0 Å². The fraction of sp³-hybridized carbons (Fsp3) is 0.458. The van der Waals surface area contributed by atoms with Crippen LogP contribution < -0.4 is 14.8 Å². The molecule has 1 aliphatic heterocycles. The summed E-state index contributed by atoms with van der Waals surface area (Å²) in [4.78, 5) is 12.4. The van der Waals surface area contributed by atoms with E-state index in [0.717, 1.165) is 5.56 Å². The number of benzene rings is 2. The third kappa shape index (κ3) is 5.81. The number of hydrogen-bond donors (Lipinski definition) is 2. The van der Waals surface area contributed by atoms with Crippen molar-refractivity contribution in [2.45, 2.75) is 49.7 Å². The van der Waals surface area contributed by atoms with Gasteiger partial charge in [0.15, 0.2) is 0 Å². The number of hydrogen-bond acceptors (Lipinski definition) is 7. The van der Waals surface area contributed by atoms with E-state index in [1.54, 1.807) is 12.1 Å². The molecule has 1 saturated heterocycles. The molecule has 9 nitrogen and oxygen atoms in total. The molecule has 0 atom stereocenters. The molecular formula is C24H32N2O7S. The maximum Gasteiger partial charge on any atom is 0.414 e. The van der Waals surface area contributed by atoms with Crippen LogP contribution in [0.2, 0.25) is 0 Å². The van der Waals surface area contributed by atoms with Gasteiger partial charge in [-0.1, -0.05) is 32.9 Å². The monoisotopic (exact) mass is 492 g/mol. The maximum absolute atomic E-state index is 13.1. The first-order valence-electron chi connectivity index (χ1n) is 10.9.